The van der Waals surface area contributed by atoms with Gasteiger partial charge >= 0.3 is 12.1 Å². The Labute approximate surface area is 73.5 Å². The molecule has 0 aliphatic heterocycles. The van der Waals surface area contributed by atoms with Crippen LogP contribution in [-0.2, 0) is 4.79 Å². The summed E-state index contributed by atoms with van der Waals surface area (Å²) in [7, 11) is 0. The molecule has 13 heavy (non-hydrogen) atoms. The van der Waals surface area contributed by atoms with Crippen LogP contribution in [0.15, 0.2) is 0 Å². The van der Waals surface area contributed by atoms with E-state index in [9.17, 15) is 18.0 Å². The van der Waals surface area contributed by atoms with Crippen molar-refractivity contribution in [3.05, 3.63) is 0 Å². The number of hydrogen-bond acceptors (Lipinski definition) is 2. The highest BCUT2D eigenvalue weighted by Crippen LogP contribution is 2.20. The molecule has 0 saturated heterocycles. The summed E-state index contributed by atoms with van der Waals surface area (Å²) in [6.07, 6.45) is -2.84. The minimum atomic E-state index is -4.80. The van der Waals surface area contributed by atoms with Gasteiger partial charge in [-0.3, -0.25) is 4.79 Å². The Morgan fingerprint density at radius 2 is 2.00 bits per heavy atom. The molecule has 1 saturated carbocycles. The number of halogens is 3. The van der Waals surface area contributed by atoms with Crippen molar-refractivity contribution in [2.45, 2.75) is 37.5 Å². The van der Waals surface area contributed by atoms with Crippen molar-refractivity contribution in [1.29, 1.82) is 0 Å². The van der Waals surface area contributed by atoms with Crippen molar-refractivity contribution in [1.82, 2.24) is 5.32 Å². The van der Waals surface area contributed by atoms with E-state index in [1.165, 1.54) is 0 Å². The molecule has 0 aromatic heterocycles. The van der Waals surface area contributed by atoms with Gasteiger partial charge in [0.1, 0.15) is 0 Å². The third-order valence-corrected chi connectivity index (χ3v) is 2.14. The summed E-state index contributed by atoms with van der Waals surface area (Å²) in [5, 5.41) is 1.88. The summed E-state index contributed by atoms with van der Waals surface area (Å²) in [6, 6.07) is -0.861. The molecular weight excluding hydrogens is 185 g/mol. The summed E-state index contributed by atoms with van der Waals surface area (Å²) in [5.41, 5.74) is 5.49. The average Bonchev–Trinajstić information content (AvgIpc) is 2.34. The number of rotatable bonds is 1. The van der Waals surface area contributed by atoms with Crippen LogP contribution in [0.25, 0.3) is 0 Å². The first kappa shape index (κ1) is 10.3. The van der Waals surface area contributed by atoms with Gasteiger partial charge in [-0.25, -0.2) is 0 Å². The van der Waals surface area contributed by atoms with Gasteiger partial charge in [0.15, 0.2) is 0 Å². The summed E-state index contributed by atoms with van der Waals surface area (Å²) in [6.45, 7) is 0. The Kier molecular flexibility index (Phi) is 2.80. The van der Waals surface area contributed by atoms with E-state index >= 15 is 0 Å². The van der Waals surface area contributed by atoms with E-state index in [2.05, 4.69) is 0 Å². The van der Waals surface area contributed by atoms with Crippen molar-refractivity contribution in [2.24, 2.45) is 5.73 Å². The number of nitrogens with one attached hydrogen (secondary N) is 1. The Balaban J connectivity index is 2.45. The van der Waals surface area contributed by atoms with E-state index < -0.39 is 18.1 Å². The molecule has 0 spiro atoms. The van der Waals surface area contributed by atoms with E-state index in [1.807, 2.05) is 5.32 Å². The smallest absolute Gasteiger partial charge is 0.344 e. The zero-order valence-electron chi connectivity index (χ0n) is 6.90. The average molecular weight is 196 g/mol. The van der Waals surface area contributed by atoms with Crippen LogP contribution in [0.5, 0.6) is 0 Å². The highest BCUT2D eigenvalue weighted by molar-refractivity contribution is 5.82. The molecule has 1 fully saturated rings. The fourth-order valence-electron chi connectivity index (χ4n) is 1.42. The normalized spacial score (nSPS) is 28.9. The van der Waals surface area contributed by atoms with Crippen LogP contribution < -0.4 is 11.1 Å². The molecule has 0 heterocycles. The van der Waals surface area contributed by atoms with Crippen LogP contribution in [0, 0.1) is 0 Å². The summed E-state index contributed by atoms with van der Waals surface area (Å²) >= 11 is 0. The van der Waals surface area contributed by atoms with Crippen LogP contribution in [-0.4, -0.2) is 24.2 Å². The van der Waals surface area contributed by atoms with Gasteiger partial charge in [-0.05, 0) is 19.3 Å². The van der Waals surface area contributed by atoms with E-state index in [1.54, 1.807) is 0 Å². The summed E-state index contributed by atoms with van der Waals surface area (Å²) in [4.78, 5) is 10.5. The minimum absolute atomic E-state index is 0.341. The Morgan fingerprint density at radius 3 is 2.38 bits per heavy atom. The van der Waals surface area contributed by atoms with Crippen LogP contribution in [0.2, 0.25) is 0 Å². The number of amides is 1. The van der Waals surface area contributed by atoms with Gasteiger partial charge in [-0.1, -0.05) is 0 Å². The lowest BCUT2D eigenvalue weighted by Gasteiger charge is -2.17. The lowest BCUT2D eigenvalue weighted by molar-refractivity contribution is -0.174. The zero-order valence-corrected chi connectivity index (χ0v) is 6.90. The first-order valence-corrected chi connectivity index (χ1v) is 4.04. The van der Waals surface area contributed by atoms with Crippen LogP contribution in [0.1, 0.15) is 19.3 Å². The Hall–Kier alpha value is -0.780. The third kappa shape index (κ3) is 2.58. The zero-order chi connectivity index (χ0) is 10.1. The van der Waals surface area contributed by atoms with Crippen LogP contribution in [0.4, 0.5) is 13.2 Å². The van der Waals surface area contributed by atoms with Crippen molar-refractivity contribution in [2.75, 3.05) is 0 Å². The van der Waals surface area contributed by atoms with Crippen molar-refractivity contribution >= 4 is 5.91 Å². The number of hydrogen-bond donors (Lipinski definition) is 2. The lowest BCUT2D eigenvalue weighted by atomic mass is 10.2. The molecule has 3 N–H and O–H groups in total. The molecule has 2 atom stereocenters. The fraction of sp³-hybridized carbons (Fsp3) is 0.857. The fourth-order valence-corrected chi connectivity index (χ4v) is 1.42. The highest BCUT2D eigenvalue weighted by atomic mass is 19.4. The quantitative estimate of drug-likeness (QED) is 0.643. The molecule has 0 aromatic rings. The molecule has 1 rings (SSSR count). The molecule has 6 heteroatoms. The van der Waals surface area contributed by atoms with E-state index in [0.717, 1.165) is 6.42 Å². The van der Waals surface area contributed by atoms with E-state index in [4.69, 9.17) is 5.73 Å². The second-order valence-electron chi connectivity index (χ2n) is 3.17. The number of carbonyl (C=O) groups is 1. The standard InChI is InChI=1S/C7H11F3N2O/c8-7(9,10)6(13)12-5-3-1-2-4(5)11/h4-5H,1-3,11H2,(H,12,13). The summed E-state index contributed by atoms with van der Waals surface area (Å²) in [5.74, 6) is -1.89. The molecule has 3 nitrogen and oxygen atoms in total. The molecule has 76 valence electrons. The molecule has 1 amide bonds. The lowest BCUT2D eigenvalue weighted by Crippen LogP contribution is -2.48. The molecule has 1 aliphatic carbocycles. The third-order valence-electron chi connectivity index (χ3n) is 2.14. The number of carbonyl (C=O) groups excluding carboxylic acids is 1. The first-order valence-electron chi connectivity index (χ1n) is 4.04. The van der Waals surface area contributed by atoms with Gasteiger partial charge in [0.25, 0.3) is 0 Å². The van der Waals surface area contributed by atoms with Crippen LogP contribution >= 0.6 is 0 Å². The predicted molar refractivity (Wildman–Crippen MR) is 39.8 cm³/mol. The monoisotopic (exact) mass is 196 g/mol. The molecule has 1 aliphatic rings. The SMILES string of the molecule is NC1CCCC1NC(=O)C(F)(F)F. The second-order valence-corrected chi connectivity index (χ2v) is 3.17. The van der Waals surface area contributed by atoms with Gasteiger partial charge in [0, 0.05) is 12.1 Å². The number of nitrogens with two attached hydrogens (primary N) is 1. The molecule has 0 aromatic carbocycles. The topological polar surface area (TPSA) is 55.1 Å². The van der Waals surface area contributed by atoms with E-state index in [0.29, 0.717) is 12.8 Å². The first-order chi connectivity index (χ1) is 5.91. The van der Waals surface area contributed by atoms with Gasteiger partial charge < -0.3 is 11.1 Å². The Bertz CT molecular complexity index is 204. The van der Waals surface area contributed by atoms with Gasteiger partial charge in [-0.2, -0.15) is 13.2 Å². The van der Waals surface area contributed by atoms with Crippen molar-refractivity contribution in [3.8, 4) is 0 Å². The minimum Gasteiger partial charge on any atom is -0.344 e. The van der Waals surface area contributed by atoms with Gasteiger partial charge in [0.05, 0.1) is 0 Å². The van der Waals surface area contributed by atoms with Crippen molar-refractivity contribution in [3.63, 3.8) is 0 Å². The predicted octanol–water partition coefficient (Wildman–Crippen LogP) is 0.545. The Morgan fingerprint density at radius 1 is 1.38 bits per heavy atom. The van der Waals surface area contributed by atoms with Gasteiger partial charge in [0.2, 0.25) is 0 Å². The summed E-state index contributed by atoms with van der Waals surface area (Å²) < 4.78 is 35.3. The van der Waals surface area contributed by atoms with Crippen molar-refractivity contribution < 1.29 is 18.0 Å². The molecule has 0 bridgehead atoms. The largest absolute Gasteiger partial charge is 0.471 e. The maximum absolute atomic E-state index is 11.8. The second kappa shape index (κ2) is 3.53. The maximum Gasteiger partial charge on any atom is 0.471 e. The molecule has 2 unspecified atom stereocenters. The molecule has 0 radical (unpaired) electrons. The number of alkyl halides is 3. The maximum atomic E-state index is 11.8. The highest BCUT2D eigenvalue weighted by Gasteiger charge is 2.41. The van der Waals surface area contributed by atoms with E-state index in [-0.39, 0.29) is 6.04 Å². The van der Waals surface area contributed by atoms with Gasteiger partial charge in [-0.15, -0.1) is 0 Å². The molecular formula is C7H11F3N2O. The van der Waals surface area contributed by atoms with Crippen LogP contribution in [0.3, 0.4) is 0 Å².